The first-order chi connectivity index (χ1) is 11.1. The zero-order valence-electron chi connectivity index (χ0n) is 13.2. The van der Waals surface area contributed by atoms with E-state index in [9.17, 15) is 4.79 Å². The number of aromatic amines is 1. The number of hydrogen-bond acceptors (Lipinski definition) is 5. The predicted octanol–water partition coefficient (Wildman–Crippen LogP) is 1.96. The van der Waals surface area contributed by atoms with Gasteiger partial charge in [0.15, 0.2) is 11.5 Å². The highest BCUT2D eigenvalue weighted by molar-refractivity contribution is 5.82. The van der Waals surface area contributed by atoms with Gasteiger partial charge in [-0.25, -0.2) is 4.79 Å². The summed E-state index contributed by atoms with van der Waals surface area (Å²) in [5.74, 6) is 0.704. The standard InChI is InChI=1S/C16H20N6O/c1-3-10(2)18-15-20-13(17)12-14(21-15)22(16(23)19-12)9-11-7-5-4-6-8-11/h4-8,10H,3,9H2,1-2H3,(H,19,23)(H3,17,18,20,21). The Morgan fingerprint density at radius 2 is 2.04 bits per heavy atom. The third kappa shape index (κ3) is 3.03. The number of aromatic nitrogens is 4. The molecule has 2 heterocycles. The second kappa shape index (κ2) is 6.12. The van der Waals surface area contributed by atoms with Gasteiger partial charge < -0.3 is 16.0 Å². The number of hydrogen-bond donors (Lipinski definition) is 3. The summed E-state index contributed by atoms with van der Waals surface area (Å²) in [6.07, 6.45) is 0.936. The monoisotopic (exact) mass is 312 g/mol. The van der Waals surface area contributed by atoms with Crippen LogP contribution in [0, 0.1) is 0 Å². The highest BCUT2D eigenvalue weighted by atomic mass is 16.1. The first kappa shape index (κ1) is 15.1. The number of nitrogens with zero attached hydrogens (tertiary/aromatic N) is 3. The maximum atomic E-state index is 12.2. The fourth-order valence-electron chi connectivity index (χ4n) is 2.35. The summed E-state index contributed by atoms with van der Waals surface area (Å²) in [6.45, 7) is 4.54. The molecule has 4 N–H and O–H groups in total. The van der Waals surface area contributed by atoms with Crippen molar-refractivity contribution in [3.63, 3.8) is 0 Å². The van der Waals surface area contributed by atoms with Gasteiger partial charge in [0.1, 0.15) is 5.52 Å². The third-order valence-corrected chi connectivity index (χ3v) is 3.82. The van der Waals surface area contributed by atoms with E-state index >= 15 is 0 Å². The van der Waals surface area contributed by atoms with Crippen LogP contribution < -0.4 is 16.7 Å². The lowest BCUT2D eigenvalue weighted by Crippen LogP contribution is -2.19. The number of H-pyrrole nitrogens is 1. The number of imidazole rings is 1. The molecule has 0 spiro atoms. The summed E-state index contributed by atoms with van der Waals surface area (Å²) in [5, 5.41) is 3.19. The molecule has 3 aromatic rings. The van der Waals surface area contributed by atoms with Gasteiger partial charge in [-0.1, -0.05) is 37.3 Å². The van der Waals surface area contributed by atoms with E-state index in [2.05, 4.69) is 27.2 Å². The van der Waals surface area contributed by atoms with Crippen LogP contribution in [0.3, 0.4) is 0 Å². The molecule has 23 heavy (non-hydrogen) atoms. The number of benzene rings is 1. The van der Waals surface area contributed by atoms with E-state index in [-0.39, 0.29) is 17.5 Å². The van der Waals surface area contributed by atoms with E-state index in [1.807, 2.05) is 37.3 Å². The normalized spacial score (nSPS) is 12.4. The van der Waals surface area contributed by atoms with Crippen molar-refractivity contribution < 1.29 is 0 Å². The van der Waals surface area contributed by atoms with Crippen LogP contribution in [0.4, 0.5) is 11.8 Å². The lowest BCUT2D eigenvalue weighted by Gasteiger charge is -2.12. The number of fused-ring (bicyclic) bond motifs is 1. The van der Waals surface area contributed by atoms with E-state index < -0.39 is 0 Å². The molecule has 0 amide bonds. The average molecular weight is 312 g/mol. The molecule has 0 aliphatic carbocycles. The van der Waals surface area contributed by atoms with Crippen LogP contribution in [0.2, 0.25) is 0 Å². The summed E-state index contributed by atoms with van der Waals surface area (Å²) in [5.41, 5.74) is 7.73. The lowest BCUT2D eigenvalue weighted by atomic mass is 10.2. The molecule has 0 aliphatic heterocycles. The zero-order chi connectivity index (χ0) is 16.4. The molecular formula is C16H20N6O. The lowest BCUT2D eigenvalue weighted by molar-refractivity contribution is 0.749. The smallest absolute Gasteiger partial charge is 0.328 e. The van der Waals surface area contributed by atoms with Crippen LogP contribution >= 0.6 is 0 Å². The number of nitrogens with two attached hydrogens (primary N) is 1. The van der Waals surface area contributed by atoms with Crippen molar-refractivity contribution in [1.82, 2.24) is 19.5 Å². The van der Waals surface area contributed by atoms with Gasteiger partial charge in [-0.05, 0) is 18.9 Å². The van der Waals surface area contributed by atoms with Crippen LogP contribution in [-0.2, 0) is 6.54 Å². The number of rotatable bonds is 5. The maximum absolute atomic E-state index is 12.2. The molecule has 0 saturated carbocycles. The van der Waals surface area contributed by atoms with Crippen molar-refractivity contribution in [3.8, 4) is 0 Å². The molecular weight excluding hydrogens is 292 g/mol. The summed E-state index contributed by atoms with van der Waals surface area (Å²) in [4.78, 5) is 23.7. The molecule has 0 radical (unpaired) electrons. The van der Waals surface area contributed by atoms with Crippen LogP contribution in [0.5, 0.6) is 0 Å². The minimum atomic E-state index is -0.245. The number of nitrogens with one attached hydrogen (secondary N) is 2. The van der Waals surface area contributed by atoms with Crippen molar-refractivity contribution >= 4 is 22.9 Å². The second-order valence-electron chi connectivity index (χ2n) is 5.59. The first-order valence-electron chi connectivity index (χ1n) is 7.65. The Balaban J connectivity index is 2.06. The molecule has 0 aliphatic rings. The van der Waals surface area contributed by atoms with Crippen molar-refractivity contribution in [2.45, 2.75) is 32.9 Å². The number of anilines is 2. The minimum absolute atomic E-state index is 0.222. The van der Waals surface area contributed by atoms with Crippen molar-refractivity contribution in [1.29, 1.82) is 0 Å². The van der Waals surface area contributed by atoms with Gasteiger partial charge in [0.05, 0.1) is 6.54 Å². The zero-order valence-corrected chi connectivity index (χ0v) is 13.2. The van der Waals surface area contributed by atoms with Crippen LogP contribution in [0.1, 0.15) is 25.8 Å². The largest absolute Gasteiger partial charge is 0.382 e. The Kier molecular flexibility index (Phi) is 4.01. The maximum Gasteiger partial charge on any atom is 0.328 e. The van der Waals surface area contributed by atoms with Gasteiger partial charge in [-0.15, -0.1) is 0 Å². The van der Waals surface area contributed by atoms with Crippen molar-refractivity contribution in [3.05, 3.63) is 46.4 Å². The molecule has 1 unspecified atom stereocenters. The summed E-state index contributed by atoms with van der Waals surface area (Å²) in [7, 11) is 0. The van der Waals surface area contributed by atoms with Gasteiger partial charge >= 0.3 is 5.69 Å². The van der Waals surface area contributed by atoms with Crippen molar-refractivity contribution in [2.24, 2.45) is 0 Å². The van der Waals surface area contributed by atoms with E-state index in [0.717, 1.165) is 12.0 Å². The SMILES string of the molecule is CCC(C)Nc1nc(N)c2[nH]c(=O)n(Cc3ccccc3)c2n1. The fourth-order valence-corrected chi connectivity index (χ4v) is 2.35. The van der Waals surface area contributed by atoms with Crippen molar-refractivity contribution in [2.75, 3.05) is 11.1 Å². The molecule has 7 nitrogen and oxygen atoms in total. The molecule has 0 saturated heterocycles. The Morgan fingerprint density at radius 3 is 2.74 bits per heavy atom. The fraction of sp³-hybridized carbons (Fsp3) is 0.312. The number of nitrogen functional groups attached to an aromatic ring is 1. The second-order valence-corrected chi connectivity index (χ2v) is 5.59. The highest BCUT2D eigenvalue weighted by Crippen LogP contribution is 2.18. The van der Waals surface area contributed by atoms with E-state index in [1.54, 1.807) is 4.57 Å². The van der Waals surface area contributed by atoms with E-state index in [0.29, 0.717) is 23.7 Å². The van der Waals surface area contributed by atoms with Gasteiger partial charge in [0.25, 0.3) is 0 Å². The molecule has 3 rings (SSSR count). The molecule has 1 aromatic carbocycles. The quantitative estimate of drug-likeness (QED) is 0.668. The first-order valence-corrected chi connectivity index (χ1v) is 7.65. The predicted molar refractivity (Wildman–Crippen MR) is 91.5 cm³/mol. The molecule has 1 atom stereocenters. The summed E-state index contributed by atoms with van der Waals surface area (Å²) >= 11 is 0. The van der Waals surface area contributed by atoms with E-state index in [1.165, 1.54) is 0 Å². The molecule has 0 fully saturated rings. The van der Waals surface area contributed by atoms with Gasteiger partial charge in [0, 0.05) is 6.04 Å². The summed E-state index contributed by atoms with van der Waals surface area (Å²) < 4.78 is 1.57. The van der Waals surface area contributed by atoms with Gasteiger partial charge in [-0.2, -0.15) is 9.97 Å². The van der Waals surface area contributed by atoms with Gasteiger partial charge in [0.2, 0.25) is 5.95 Å². The Morgan fingerprint density at radius 1 is 1.30 bits per heavy atom. The van der Waals surface area contributed by atoms with E-state index in [4.69, 9.17) is 5.73 Å². The Hall–Kier alpha value is -2.83. The average Bonchev–Trinajstić information content (AvgIpc) is 2.85. The Bertz CT molecular complexity index is 867. The molecule has 7 heteroatoms. The topological polar surface area (TPSA) is 102 Å². The van der Waals surface area contributed by atoms with Crippen LogP contribution in [-0.4, -0.2) is 25.6 Å². The van der Waals surface area contributed by atoms with Crippen LogP contribution in [0.15, 0.2) is 35.1 Å². The molecule has 0 bridgehead atoms. The summed E-state index contributed by atoms with van der Waals surface area (Å²) in [6, 6.07) is 9.97. The van der Waals surface area contributed by atoms with Gasteiger partial charge in [-0.3, -0.25) is 4.57 Å². The van der Waals surface area contributed by atoms with Crippen LogP contribution in [0.25, 0.3) is 11.2 Å². The molecule has 2 aromatic heterocycles. The highest BCUT2D eigenvalue weighted by Gasteiger charge is 2.14. The molecule has 120 valence electrons. The Labute approximate surface area is 133 Å². The third-order valence-electron chi connectivity index (χ3n) is 3.82. The minimum Gasteiger partial charge on any atom is -0.382 e.